The van der Waals surface area contributed by atoms with Crippen LogP contribution in [-0.4, -0.2) is 60.5 Å². The number of halogens is 2. The fourth-order valence-electron chi connectivity index (χ4n) is 3.31. The van der Waals surface area contributed by atoms with E-state index in [0.29, 0.717) is 37.7 Å². The molecule has 146 valence electrons. The summed E-state index contributed by atoms with van der Waals surface area (Å²) in [5.41, 5.74) is 0.253. The number of piperazine rings is 1. The average molecular weight is 405 g/mol. The number of fused-ring (bicyclic) bond motifs is 1. The SMILES string of the molecule is O=C(c1ccc(F)cc1Cl)N1CCN(C(=O)C2COc3ccccc3O2)CC1. The zero-order valence-electron chi connectivity index (χ0n) is 14.9. The van der Waals surface area contributed by atoms with Crippen LogP contribution in [0.1, 0.15) is 10.4 Å². The highest BCUT2D eigenvalue weighted by Gasteiger charge is 2.33. The number of hydrogen-bond donors (Lipinski definition) is 0. The van der Waals surface area contributed by atoms with Crippen LogP contribution in [-0.2, 0) is 4.79 Å². The summed E-state index contributed by atoms with van der Waals surface area (Å²) in [5.74, 6) is 0.239. The predicted octanol–water partition coefficient (Wildman–Crippen LogP) is 2.60. The van der Waals surface area contributed by atoms with E-state index in [0.717, 1.165) is 6.07 Å². The van der Waals surface area contributed by atoms with Gasteiger partial charge in [0.25, 0.3) is 11.8 Å². The second-order valence-corrected chi connectivity index (χ2v) is 7.01. The first kappa shape index (κ1) is 18.6. The maximum Gasteiger partial charge on any atom is 0.267 e. The van der Waals surface area contributed by atoms with Crippen molar-refractivity contribution in [2.45, 2.75) is 6.10 Å². The molecule has 2 aromatic rings. The summed E-state index contributed by atoms with van der Waals surface area (Å²) >= 11 is 5.98. The van der Waals surface area contributed by atoms with Crippen LogP contribution in [0.3, 0.4) is 0 Å². The lowest BCUT2D eigenvalue weighted by Crippen LogP contribution is -2.55. The Morgan fingerprint density at radius 1 is 1.00 bits per heavy atom. The van der Waals surface area contributed by atoms with E-state index in [4.69, 9.17) is 21.1 Å². The smallest absolute Gasteiger partial charge is 0.267 e. The number of amides is 2. The molecule has 28 heavy (non-hydrogen) atoms. The van der Waals surface area contributed by atoms with Crippen LogP contribution < -0.4 is 9.47 Å². The molecule has 1 unspecified atom stereocenters. The number of para-hydroxylation sites is 2. The van der Waals surface area contributed by atoms with Crippen molar-refractivity contribution < 1.29 is 23.5 Å². The minimum atomic E-state index is -0.705. The molecular weight excluding hydrogens is 387 g/mol. The maximum absolute atomic E-state index is 13.2. The van der Waals surface area contributed by atoms with Crippen molar-refractivity contribution in [3.05, 3.63) is 58.9 Å². The number of hydrogen-bond acceptors (Lipinski definition) is 4. The minimum absolute atomic E-state index is 0.0786. The second kappa shape index (κ2) is 7.67. The molecular formula is C20H18ClFN2O4. The number of carbonyl (C=O) groups is 2. The van der Waals surface area contributed by atoms with Gasteiger partial charge in [-0.2, -0.15) is 0 Å². The van der Waals surface area contributed by atoms with Gasteiger partial charge in [0, 0.05) is 26.2 Å². The summed E-state index contributed by atoms with van der Waals surface area (Å²) in [7, 11) is 0. The highest BCUT2D eigenvalue weighted by Crippen LogP contribution is 2.31. The highest BCUT2D eigenvalue weighted by molar-refractivity contribution is 6.33. The van der Waals surface area contributed by atoms with Gasteiger partial charge in [0.05, 0.1) is 10.6 Å². The van der Waals surface area contributed by atoms with Gasteiger partial charge in [0.1, 0.15) is 12.4 Å². The summed E-state index contributed by atoms with van der Waals surface area (Å²) in [6, 6.07) is 10.9. The molecule has 0 saturated carbocycles. The number of rotatable bonds is 2. The van der Waals surface area contributed by atoms with Crippen LogP contribution >= 0.6 is 11.6 Å². The van der Waals surface area contributed by atoms with Crippen molar-refractivity contribution in [2.75, 3.05) is 32.8 Å². The zero-order chi connectivity index (χ0) is 19.7. The predicted molar refractivity (Wildman–Crippen MR) is 100 cm³/mol. The quantitative estimate of drug-likeness (QED) is 0.772. The molecule has 2 aliphatic rings. The molecule has 0 aliphatic carbocycles. The van der Waals surface area contributed by atoms with Crippen LogP contribution in [0.4, 0.5) is 4.39 Å². The number of carbonyl (C=O) groups excluding carboxylic acids is 2. The Morgan fingerprint density at radius 2 is 1.68 bits per heavy atom. The Kier molecular flexibility index (Phi) is 5.09. The summed E-state index contributed by atoms with van der Waals surface area (Å²) in [6.07, 6.45) is -0.705. The van der Waals surface area contributed by atoms with Crippen molar-refractivity contribution >= 4 is 23.4 Å². The fraction of sp³-hybridized carbons (Fsp3) is 0.300. The van der Waals surface area contributed by atoms with Crippen LogP contribution in [0.15, 0.2) is 42.5 Å². The van der Waals surface area contributed by atoms with Gasteiger partial charge in [-0.1, -0.05) is 23.7 Å². The van der Waals surface area contributed by atoms with Gasteiger partial charge in [0.2, 0.25) is 6.10 Å². The molecule has 1 fully saturated rings. The molecule has 8 heteroatoms. The zero-order valence-corrected chi connectivity index (χ0v) is 15.7. The van der Waals surface area contributed by atoms with Crippen molar-refractivity contribution in [3.8, 4) is 11.5 Å². The van der Waals surface area contributed by atoms with Crippen molar-refractivity contribution in [1.82, 2.24) is 9.80 Å². The van der Waals surface area contributed by atoms with Gasteiger partial charge in [0.15, 0.2) is 11.5 Å². The number of benzene rings is 2. The first-order valence-electron chi connectivity index (χ1n) is 8.94. The molecule has 4 rings (SSSR count). The molecule has 1 atom stereocenters. The molecule has 0 radical (unpaired) electrons. The molecule has 2 amide bonds. The standard InChI is InChI=1S/C20H18ClFN2O4/c21-15-11-13(22)5-6-14(15)19(25)23-7-9-24(10-8-23)20(26)18-12-27-16-3-1-2-4-17(16)28-18/h1-6,11,18H,7-10,12H2. The van der Waals surface area contributed by atoms with Crippen LogP contribution in [0, 0.1) is 5.82 Å². The van der Waals surface area contributed by atoms with Crippen LogP contribution in [0.5, 0.6) is 11.5 Å². The third-order valence-corrected chi connectivity index (χ3v) is 5.14. The Morgan fingerprint density at radius 3 is 2.39 bits per heavy atom. The lowest BCUT2D eigenvalue weighted by Gasteiger charge is -2.37. The van der Waals surface area contributed by atoms with Gasteiger partial charge in [-0.15, -0.1) is 0 Å². The van der Waals surface area contributed by atoms with Crippen molar-refractivity contribution in [3.63, 3.8) is 0 Å². The molecule has 0 spiro atoms. The summed E-state index contributed by atoms with van der Waals surface area (Å²) < 4.78 is 24.6. The largest absolute Gasteiger partial charge is 0.485 e. The third kappa shape index (κ3) is 3.62. The Hall–Kier alpha value is -2.80. The topological polar surface area (TPSA) is 59.1 Å². The Bertz CT molecular complexity index is 915. The minimum Gasteiger partial charge on any atom is -0.485 e. The monoisotopic (exact) mass is 404 g/mol. The first-order valence-corrected chi connectivity index (χ1v) is 9.32. The van der Waals surface area contributed by atoms with E-state index >= 15 is 0 Å². The third-order valence-electron chi connectivity index (χ3n) is 4.82. The second-order valence-electron chi connectivity index (χ2n) is 6.61. The molecule has 2 heterocycles. The van der Waals surface area contributed by atoms with E-state index in [1.54, 1.807) is 21.9 Å². The summed E-state index contributed by atoms with van der Waals surface area (Å²) in [4.78, 5) is 28.6. The molecule has 0 N–H and O–H groups in total. The van der Waals surface area contributed by atoms with Gasteiger partial charge in [-0.05, 0) is 30.3 Å². The lowest BCUT2D eigenvalue weighted by molar-refractivity contribution is -0.142. The Balaban J connectivity index is 1.36. The van der Waals surface area contributed by atoms with Gasteiger partial charge in [-0.25, -0.2) is 4.39 Å². The van der Waals surface area contributed by atoms with Crippen LogP contribution in [0.2, 0.25) is 5.02 Å². The molecule has 6 nitrogen and oxygen atoms in total. The molecule has 0 bridgehead atoms. The molecule has 0 aromatic heterocycles. The van der Waals surface area contributed by atoms with Crippen molar-refractivity contribution in [2.24, 2.45) is 0 Å². The van der Waals surface area contributed by atoms with E-state index in [1.807, 2.05) is 12.1 Å². The average Bonchev–Trinajstić information content (AvgIpc) is 2.72. The van der Waals surface area contributed by atoms with E-state index < -0.39 is 11.9 Å². The van der Waals surface area contributed by atoms with Gasteiger partial charge < -0.3 is 19.3 Å². The van der Waals surface area contributed by atoms with Gasteiger partial charge >= 0.3 is 0 Å². The van der Waals surface area contributed by atoms with E-state index in [2.05, 4.69) is 0 Å². The van der Waals surface area contributed by atoms with Crippen molar-refractivity contribution in [1.29, 1.82) is 0 Å². The fourth-order valence-corrected chi connectivity index (χ4v) is 3.56. The van der Waals surface area contributed by atoms with Gasteiger partial charge in [-0.3, -0.25) is 9.59 Å². The molecule has 2 aliphatic heterocycles. The van der Waals surface area contributed by atoms with Crippen LogP contribution in [0.25, 0.3) is 0 Å². The molecule has 1 saturated heterocycles. The van der Waals surface area contributed by atoms with E-state index in [9.17, 15) is 14.0 Å². The Labute approximate surface area is 166 Å². The maximum atomic E-state index is 13.2. The number of nitrogens with zero attached hydrogens (tertiary/aromatic N) is 2. The first-order chi connectivity index (χ1) is 13.5. The van der Waals surface area contributed by atoms with E-state index in [1.165, 1.54) is 12.1 Å². The summed E-state index contributed by atoms with van der Waals surface area (Å²) in [6.45, 7) is 1.64. The molecule has 2 aromatic carbocycles. The normalized spacial score (nSPS) is 18.7. The summed E-state index contributed by atoms with van der Waals surface area (Å²) in [5, 5.41) is 0.0786. The number of ether oxygens (including phenoxy) is 2. The highest BCUT2D eigenvalue weighted by atomic mass is 35.5. The van der Waals surface area contributed by atoms with E-state index in [-0.39, 0.29) is 29.0 Å². The lowest BCUT2D eigenvalue weighted by atomic mass is 10.1.